The first-order valence-corrected chi connectivity index (χ1v) is 7.10. The summed E-state index contributed by atoms with van der Waals surface area (Å²) in [6, 6.07) is 10.2. The maximum absolute atomic E-state index is 13.7. The lowest BCUT2D eigenvalue weighted by Crippen LogP contribution is -2.15. The summed E-state index contributed by atoms with van der Waals surface area (Å²) in [5.41, 5.74) is 8.79. The highest BCUT2D eigenvalue weighted by Gasteiger charge is 2.13. The predicted molar refractivity (Wildman–Crippen MR) is 80.9 cm³/mol. The fraction of sp³-hybridized carbons (Fsp3) is 0.200. The fourth-order valence-corrected chi connectivity index (χ4v) is 2.74. The Morgan fingerprint density at radius 3 is 2.68 bits per heavy atom. The van der Waals surface area contributed by atoms with Gasteiger partial charge in [-0.3, -0.25) is 0 Å². The van der Waals surface area contributed by atoms with Gasteiger partial charge in [0.15, 0.2) is 0 Å². The third-order valence-corrected chi connectivity index (χ3v) is 3.81. The molecule has 0 aliphatic heterocycles. The van der Waals surface area contributed by atoms with Gasteiger partial charge in [-0.25, -0.2) is 4.39 Å². The summed E-state index contributed by atoms with van der Waals surface area (Å²) in [6.07, 6.45) is 0.452. The molecule has 2 aromatic rings. The van der Waals surface area contributed by atoms with E-state index in [-0.39, 0.29) is 11.9 Å². The molecular weight excluding hydrogens is 329 g/mol. The molecule has 1 unspecified atom stereocenters. The smallest absolute Gasteiger partial charge is 0.126 e. The largest absolute Gasteiger partial charge is 0.324 e. The number of aryl methyl sites for hydroxylation is 1. The summed E-state index contributed by atoms with van der Waals surface area (Å²) >= 11 is 9.26. The molecule has 2 N–H and O–H groups in total. The predicted octanol–water partition coefficient (Wildman–Crippen LogP) is 4.79. The van der Waals surface area contributed by atoms with E-state index in [0.717, 1.165) is 15.6 Å². The molecule has 2 rings (SSSR count). The van der Waals surface area contributed by atoms with E-state index in [1.54, 1.807) is 18.2 Å². The van der Waals surface area contributed by atoms with Crippen LogP contribution in [0.2, 0.25) is 5.02 Å². The lowest BCUT2D eigenvalue weighted by Gasteiger charge is -2.15. The summed E-state index contributed by atoms with van der Waals surface area (Å²) < 4.78 is 14.6. The monoisotopic (exact) mass is 341 g/mol. The van der Waals surface area contributed by atoms with Gasteiger partial charge in [-0.2, -0.15) is 0 Å². The quantitative estimate of drug-likeness (QED) is 0.852. The van der Waals surface area contributed by atoms with E-state index in [9.17, 15) is 4.39 Å². The second kappa shape index (κ2) is 6.04. The molecule has 1 nitrogen and oxygen atoms in total. The number of nitrogens with two attached hydrogens (primary N) is 1. The molecule has 0 aliphatic rings. The summed E-state index contributed by atoms with van der Waals surface area (Å²) in [4.78, 5) is 0. The minimum atomic E-state index is -0.249. The van der Waals surface area contributed by atoms with Crippen molar-refractivity contribution in [2.75, 3.05) is 0 Å². The average molecular weight is 343 g/mol. The maximum Gasteiger partial charge on any atom is 0.126 e. The fourth-order valence-electron chi connectivity index (χ4n) is 2.10. The Hall–Kier alpha value is -0.900. The van der Waals surface area contributed by atoms with Crippen molar-refractivity contribution < 1.29 is 4.39 Å². The van der Waals surface area contributed by atoms with Crippen LogP contribution in [0.25, 0.3) is 0 Å². The molecule has 19 heavy (non-hydrogen) atoms. The first-order valence-electron chi connectivity index (χ1n) is 5.93. The molecule has 0 saturated heterocycles. The lowest BCUT2D eigenvalue weighted by molar-refractivity contribution is 0.592. The van der Waals surface area contributed by atoms with Crippen LogP contribution in [-0.2, 0) is 6.42 Å². The first-order chi connectivity index (χ1) is 8.97. The van der Waals surface area contributed by atoms with Gasteiger partial charge >= 0.3 is 0 Å². The number of rotatable bonds is 3. The van der Waals surface area contributed by atoms with Gasteiger partial charge in [0.05, 0.1) is 0 Å². The van der Waals surface area contributed by atoms with Crippen molar-refractivity contribution in [1.29, 1.82) is 0 Å². The molecule has 0 aliphatic carbocycles. The molecule has 0 spiro atoms. The molecule has 0 aromatic heterocycles. The second-order valence-corrected chi connectivity index (χ2v) is 5.90. The third kappa shape index (κ3) is 3.56. The summed E-state index contributed by atoms with van der Waals surface area (Å²) in [7, 11) is 0. The summed E-state index contributed by atoms with van der Waals surface area (Å²) in [5, 5.41) is 0.682. The van der Waals surface area contributed by atoms with Crippen LogP contribution in [0.5, 0.6) is 0 Å². The van der Waals surface area contributed by atoms with E-state index in [1.807, 2.05) is 19.1 Å². The number of hydrogen-bond donors (Lipinski definition) is 1. The van der Waals surface area contributed by atoms with E-state index in [2.05, 4.69) is 15.9 Å². The SMILES string of the molecule is Cc1cc(Cl)ccc1C(N)Cc1cc(Br)ccc1F. The molecule has 0 fully saturated rings. The molecule has 1 atom stereocenters. The standard InChI is InChI=1S/C15H14BrClFN/c1-9-6-12(17)3-4-13(9)15(19)8-10-7-11(16)2-5-14(10)18/h2-7,15H,8,19H2,1H3. The number of benzene rings is 2. The zero-order chi connectivity index (χ0) is 14.0. The van der Waals surface area contributed by atoms with Crippen molar-refractivity contribution in [2.45, 2.75) is 19.4 Å². The van der Waals surface area contributed by atoms with Crippen LogP contribution in [0.3, 0.4) is 0 Å². The first kappa shape index (κ1) is 14.5. The Morgan fingerprint density at radius 1 is 1.26 bits per heavy atom. The Bertz CT molecular complexity index is 601. The van der Waals surface area contributed by atoms with E-state index in [4.69, 9.17) is 17.3 Å². The van der Waals surface area contributed by atoms with Crippen molar-refractivity contribution >= 4 is 27.5 Å². The van der Waals surface area contributed by atoms with Crippen LogP contribution < -0.4 is 5.73 Å². The molecule has 2 aromatic carbocycles. The van der Waals surface area contributed by atoms with Crippen LogP contribution in [-0.4, -0.2) is 0 Å². The van der Waals surface area contributed by atoms with Gasteiger partial charge in [-0.05, 0) is 60.4 Å². The minimum Gasteiger partial charge on any atom is -0.324 e. The molecular formula is C15H14BrClFN. The lowest BCUT2D eigenvalue weighted by atomic mass is 9.96. The molecule has 0 bridgehead atoms. The normalized spacial score (nSPS) is 12.5. The molecule has 0 amide bonds. The highest BCUT2D eigenvalue weighted by Crippen LogP contribution is 2.25. The Labute approximate surface area is 125 Å². The van der Waals surface area contributed by atoms with Gasteiger partial charge in [0, 0.05) is 15.5 Å². The third-order valence-electron chi connectivity index (χ3n) is 3.08. The summed E-state index contributed by atoms with van der Waals surface area (Å²) in [5.74, 6) is -0.231. The maximum atomic E-state index is 13.7. The van der Waals surface area contributed by atoms with Crippen molar-refractivity contribution in [3.05, 3.63) is 68.4 Å². The zero-order valence-corrected chi connectivity index (χ0v) is 12.8. The van der Waals surface area contributed by atoms with Crippen LogP contribution in [0.15, 0.2) is 40.9 Å². The summed E-state index contributed by atoms with van der Waals surface area (Å²) in [6.45, 7) is 1.96. The van der Waals surface area contributed by atoms with Crippen LogP contribution in [0, 0.1) is 12.7 Å². The molecule has 0 radical (unpaired) electrons. The van der Waals surface area contributed by atoms with Gasteiger partial charge in [0.1, 0.15) is 5.82 Å². The Morgan fingerprint density at radius 2 is 2.00 bits per heavy atom. The van der Waals surface area contributed by atoms with E-state index in [1.165, 1.54) is 6.07 Å². The number of hydrogen-bond acceptors (Lipinski definition) is 1. The Kier molecular flexibility index (Phi) is 4.61. The second-order valence-electron chi connectivity index (χ2n) is 4.55. The van der Waals surface area contributed by atoms with E-state index >= 15 is 0 Å². The van der Waals surface area contributed by atoms with Crippen molar-refractivity contribution in [1.82, 2.24) is 0 Å². The molecule has 0 heterocycles. The van der Waals surface area contributed by atoms with Gasteiger partial charge in [-0.15, -0.1) is 0 Å². The molecule has 4 heteroatoms. The van der Waals surface area contributed by atoms with Crippen LogP contribution in [0.1, 0.15) is 22.7 Å². The highest BCUT2D eigenvalue weighted by atomic mass is 79.9. The van der Waals surface area contributed by atoms with Crippen molar-refractivity contribution in [2.24, 2.45) is 5.73 Å². The average Bonchev–Trinajstić information content (AvgIpc) is 2.33. The van der Waals surface area contributed by atoms with E-state index in [0.29, 0.717) is 17.0 Å². The van der Waals surface area contributed by atoms with Crippen molar-refractivity contribution in [3.8, 4) is 0 Å². The van der Waals surface area contributed by atoms with Gasteiger partial charge < -0.3 is 5.73 Å². The van der Waals surface area contributed by atoms with Gasteiger partial charge in [-0.1, -0.05) is 33.6 Å². The zero-order valence-electron chi connectivity index (χ0n) is 10.5. The topological polar surface area (TPSA) is 26.0 Å². The Balaban J connectivity index is 2.25. The highest BCUT2D eigenvalue weighted by molar-refractivity contribution is 9.10. The van der Waals surface area contributed by atoms with E-state index < -0.39 is 0 Å². The van der Waals surface area contributed by atoms with Crippen LogP contribution >= 0.6 is 27.5 Å². The van der Waals surface area contributed by atoms with Gasteiger partial charge in [0.25, 0.3) is 0 Å². The van der Waals surface area contributed by atoms with Crippen LogP contribution in [0.4, 0.5) is 4.39 Å². The molecule has 0 saturated carbocycles. The number of halogens is 3. The minimum absolute atomic E-state index is 0.231. The molecule has 100 valence electrons. The van der Waals surface area contributed by atoms with Gasteiger partial charge in [0.2, 0.25) is 0 Å². The van der Waals surface area contributed by atoms with Crippen molar-refractivity contribution in [3.63, 3.8) is 0 Å².